The fraction of sp³-hybridized carbons (Fsp3) is 0.294. The van der Waals surface area contributed by atoms with Crippen molar-refractivity contribution in [1.29, 1.82) is 0 Å². The van der Waals surface area contributed by atoms with Crippen molar-refractivity contribution in [1.82, 2.24) is 0 Å². The zero-order valence-electron chi connectivity index (χ0n) is 11.1. The molecule has 2 aromatic rings. The summed E-state index contributed by atoms with van der Waals surface area (Å²) in [7, 11) is 0. The van der Waals surface area contributed by atoms with Crippen LogP contribution in [0, 0.1) is 12.1 Å². The van der Waals surface area contributed by atoms with E-state index in [1.54, 1.807) is 0 Å². The predicted molar refractivity (Wildman–Crippen MR) is 77.2 cm³/mol. The van der Waals surface area contributed by atoms with Crippen molar-refractivity contribution < 1.29 is 0 Å². The van der Waals surface area contributed by atoms with Gasteiger partial charge < -0.3 is 4.90 Å². The highest BCUT2D eigenvalue weighted by Gasteiger charge is 2.17. The predicted octanol–water partition coefficient (Wildman–Crippen LogP) is 4.40. The van der Waals surface area contributed by atoms with Gasteiger partial charge in [0.15, 0.2) is 0 Å². The third-order valence-electron chi connectivity index (χ3n) is 3.03. The maximum absolute atomic E-state index is 3.18. The van der Waals surface area contributed by atoms with Gasteiger partial charge in [-0.25, -0.2) is 0 Å². The molecule has 0 bridgehead atoms. The minimum Gasteiger partial charge on any atom is -0.334 e. The monoisotopic (exact) mass is 237 g/mol. The Balaban J connectivity index is 0.000000574. The molecule has 0 atom stereocenters. The molecule has 1 aliphatic heterocycles. The Hall–Kier alpha value is -1.94. The SMILES string of the molecule is CC.c1cccc(N2CCCc3ccccc32)c#1. The van der Waals surface area contributed by atoms with Gasteiger partial charge in [0, 0.05) is 12.2 Å². The van der Waals surface area contributed by atoms with Crippen molar-refractivity contribution in [2.75, 3.05) is 11.4 Å². The van der Waals surface area contributed by atoms with Crippen LogP contribution in [0.25, 0.3) is 0 Å². The lowest BCUT2D eigenvalue weighted by Gasteiger charge is -2.30. The first-order chi connectivity index (χ1) is 8.95. The van der Waals surface area contributed by atoms with E-state index in [1.807, 2.05) is 26.0 Å². The molecule has 0 amide bonds. The second-order valence-corrected chi connectivity index (χ2v) is 4.06. The molecule has 0 saturated carbocycles. The van der Waals surface area contributed by atoms with Crippen LogP contribution in [0.2, 0.25) is 0 Å². The fourth-order valence-corrected chi connectivity index (χ4v) is 2.29. The van der Waals surface area contributed by atoms with Crippen molar-refractivity contribution in [3.63, 3.8) is 0 Å². The van der Waals surface area contributed by atoms with E-state index < -0.39 is 0 Å². The third kappa shape index (κ3) is 2.49. The number of para-hydroxylation sites is 1. The topological polar surface area (TPSA) is 3.24 Å². The van der Waals surface area contributed by atoms with Gasteiger partial charge in [-0.15, -0.1) is 0 Å². The standard InChI is InChI=1S/C15H13N.C2H6/c1-2-9-14(10-3-1)16-12-6-8-13-7-4-5-11-15(13)16;1-2/h1-2,4-5,7,9,11H,6,8,12H2;1-2H3. The number of hydrogen-bond acceptors (Lipinski definition) is 1. The van der Waals surface area contributed by atoms with E-state index in [0.29, 0.717) is 0 Å². The van der Waals surface area contributed by atoms with E-state index >= 15 is 0 Å². The average molecular weight is 237 g/mol. The van der Waals surface area contributed by atoms with E-state index in [1.165, 1.54) is 24.1 Å². The zero-order chi connectivity index (χ0) is 12.8. The number of benzene rings is 1. The largest absolute Gasteiger partial charge is 0.334 e. The van der Waals surface area contributed by atoms with Crippen LogP contribution in [-0.2, 0) is 6.42 Å². The van der Waals surface area contributed by atoms with Gasteiger partial charge >= 0.3 is 0 Å². The van der Waals surface area contributed by atoms with Gasteiger partial charge in [-0.1, -0.05) is 44.2 Å². The highest BCUT2D eigenvalue weighted by atomic mass is 15.1. The second-order valence-electron chi connectivity index (χ2n) is 4.06. The minimum absolute atomic E-state index is 1.07. The van der Waals surface area contributed by atoms with Gasteiger partial charge in [0.2, 0.25) is 0 Å². The Morgan fingerprint density at radius 1 is 1.06 bits per heavy atom. The first kappa shape index (κ1) is 12.5. The van der Waals surface area contributed by atoms with Gasteiger partial charge in [-0.05, 0) is 42.7 Å². The van der Waals surface area contributed by atoms with Crippen molar-refractivity contribution >= 4 is 11.4 Å². The van der Waals surface area contributed by atoms with Crippen LogP contribution in [0.4, 0.5) is 11.4 Å². The van der Waals surface area contributed by atoms with Crippen LogP contribution in [0.1, 0.15) is 25.8 Å². The first-order valence-electron chi connectivity index (χ1n) is 6.69. The molecule has 0 aliphatic carbocycles. The van der Waals surface area contributed by atoms with Crippen LogP contribution in [0.15, 0.2) is 42.5 Å². The Morgan fingerprint density at radius 3 is 2.67 bits per heavy atom. The molecule has 0 saturated heterocycles. The molecule has 0 N–H and O–H groups in total. The summed E-state index contributed by atoms with van der Waals surface area (Å²) in [6.07, 6.45) is 2.39. The molecule has 1 aliphatic rings. The van der Waals surface area contributed by atoms with Gasteiger partial charge in [0.25, 0.3) is 0 Å². The van der Waals surface area contributed by atoms with E-state index in [0.717, 1.165) is 12.2 Å². The summed E-state index contributed by atoms with van der Waals surface area (Å²) in [4.78, 5) is 2.33. The average Bonchev–Trinajstić information content (AvgIpc) is 2.50. The summed E-state index contributed by atoms with van der Waals surface area (Å²) in [6, 6.07) is 20.8. The molecule has 18 heavy (non-hydrogen) atoms. The third-order valence-corrected chi connectivity index (χ3v) is 3.03. The number of anilines is 2. The molecule has 0 unspecified atom stereocenters. The maximum Gasteiger partial charge on any atom is 0.0927 e. The highest BCUT2D eigenvalue weighted by Crippen LogP contribution is 2.31. The molecule has 92 valence electrons. The van der Waals surface area contributed by atoms with Crippen LogP contribution < -0.4 is 4.90 Å². The van der Waals surface area contributed by atoms with Gasteiger partial charge in [-0.3, -0.25) is 0 Å². The smallest absolute Gasteiger partial charge is 0.0927 e. The van der Waals surface area contributed by atoms with Crippen molar-refractivity contribution in [3.05, 3.63) is 60.2 Å². The van der Waals surface area contributed by atoms with Gasteiger partial charge in [0.05, 0.1) is 5.69 Å². The summed E-state index contributed by atoms with van der Waals surface area (Å²) in [5, 5.41) is 0. The van der Waals surface area contributed by atoms with E-state index in [9.17, 15) is 0 Å². The Kier molecular flexibility index (Phi) is 4.25. The molecule has 0 radical (unpaired) electrons. The molecule has 0 aromatic heterocycles. The van der Waals surface area contributed by atoms with Crippen LogP contribution >= 0.6 is 0 Å². The van der Waals surface area contributed by atoms with Gasteiger partial charge in [0.1, 0.15) is 0 Å². The molecule has 3 rings (SSSR count). The molecule has 1 heterocycles. The summed E-state index contributed by atoms with van der Waals surface area (Å²) in [5.74, 6) is 0. The fourth-order valence-electron chi connectivity index (χ4n) is 2.29. The number of fused-ring (bicyclic) bond motifs is 1. The van der Waals surface area contributed by atoms with Crippen molar-refractivity contribution in [2.45, 2.75) is 26.7 Å². The zero-order valence-corrected chi connectivity index (χ0v) is 11.1. The Labute approximate surface area is 110 Å². The lowest BCUT2D eigenvalue weighted by molar-refractivity contribution is 0.767. The van der Waals surface area contributed by atoms with E-state index in [-0.39, 0.29) is 0 Å². The van der Waals surface area contributed by atoms with E-state index in [2.05, 4.69) is 47.4 Å². The molecule has 2 aromatic carbocycles. The molecule has 0 spiro atoms. The number of hydrogen-bond donors (Lipinski definition) is 0. The number of rotatable bonds is 1. The van der Waals surface area contributed by atoms with Crippen LogP contribution in [0.5, 0.6) is 0 Å². The molecule has 1 heteroatoms. The summed E-state index contributed by atoms with van der Waals surface area (Å²) < 4.78 is 0. The summed E-state index contributed by atoms with van der Waals surface area (Å²) >= 11 is 0. The molecule has 0 fully saturated rings. The number of aryl methyl sites for hydroxylation is 1. The van der Waals surface area contributed by atoms with Crippen LogP contribution in [0.3, 0.4) is 0 Å². The Morgan fingerprint density at radius 2 is 1.89 bits per heavy atom. The molecular weight excluding hydrogens is 218 g/mol. The minimum atomic E-state index is 1.07. The quantitative estimate of drug-likeness (QED) is 0.710. The summed E-state index contributed by atoms with van der Waals surface area (Å²) in [5.41, 5.74) is 3.88. The Bertz CT molecular complexity index is 476. The van der Waals surface area contributed by atoms with Crippen molar-refractivity contribution in [3.8, 4) is 0 Å². The first-order valence-corrected chi connectivity index (χ1v) is 6.69. The van der Waals surface area contributed by atoms with E-state index in [4.69, 9.17) is 0 Å². The normalized spacial score (nSPS) is 12.9. The lowest BCUT2D eigenvalue weighted by atomic mass is 10.0. The maximum atomic E-state index is 3.18. The van der Waals surface area contributed by atoms with Gasteiger partial charge in [-0.2, -0.15) is 0 Å². The highest BCUT2D eigenvalue weighted by molar-refractivity contribution is 5.66. The summed E-state index contributed by atoms with van der Waals surface area (Å²) in [6.45, 7) is 5.07. The molecular formula is C17H19N. The number of nitrogens with zero attached hydrogens (tertiary/aromatic N) is 1. The molecule has 1 nitrogen and oxygen atoms in total. The van der Waals surface area contributed by atoms with Crippen molar-refractivity contribution in [2.24, 2.45) is 0 Å². The van der Waals surface area contributed by atoms with Crippen LogP contribution in [-0.4, -0.2) is 6.54 Å². The lowest BCUT2D eigenvalue weighted by Crippen LogP contribution is -2.24. The second kappa shape index (κ2) is 6.12.